The fourth-order valence-corrected chi connectivity index (χ4v) is 8.48. The maximum atomic E-state index is 14.6. The van der Waals surface area contributed by atoms with Crippen molar-refractivity contribution in [1.82, 2.24) is 52.2 Å². The molecule has 5 rings (SSSR count). The molecule has 15 N–H and O–H groups in total. The van der Waals surface area contributed by atoms with Crippen LogP contribution in [0.1, 0.15) is 88.5 Å². The minimum Gasteiger partial charge on any atom is -0.370 e. The number of hydrogen-bond acceptors (Lipinski definition) is 11. The van der Waals surface area contributed by atoms with Gasteiger partial charge in [0.05, 0.1) is 12.4 Å². The molecule has 0 unspecified atom stereocenters. The third kappa shape index (κ3) is 17.9. The molecule has 0 saturated carbocycles. The summed E-state index contributed by atoms with van der Waals surface area (Å²) in [4.78, 5) is 139. The number of nitrogens with two attached hydrogens (primary N) is 3. The number of carbonyl (C=O) groups is 9. The van der Waals surface area contributed by atoms with Gasteiger partial charge in [-0.05, 0) is 49.3 Å². The number of primary amides is 1. The molecule has 1 fully saturated rings. The molecule has 1 saturated heterocycles. The summed E-state index contributed by atoms with van der Waals surface area (Å²) in [6, 6.07) is 8.48. The van der Waals surface area contributed by atoms with Crippen LogP contribution in [0, 0.1) is 5.92 Å². The van der Waals surface area contributed by atoms with Crippen molar-refractivity contribution in [2.24, 2.45) is 28.1 Å². The summed E-state index contributed by atoms with van der Waals surface area (Å²) in [5, 5.41) is 19.8. The highest BCUT2D eigenvalue weighted by atomic mass is 16.2. The van der Waals surface area contributed by atoms with E-state index in [4.69, 9.17) is 17.2 Å². The van der Waals surface area contributed by atoms with Crippen molar-refractivity contribution in [1.29, 1.82) is 0 Å². The monoisotopic (exact) mass is 1010 g/mol. The highest BCUT2D eigenvalue weighted by molar-refractivity contribution is 5.98. The van der Waals surface area contributed by atoms with Gasteiger partial charge in [-0.25, -0.2) is 4.98 Å². The van der Waals surface area contributed by atoms with Crippen LogP contribution in [0.5, 0.6) is 0 Å². The summed E-state index contributed by atoms with van der Waals surface area (Å²) in [7, 11) is 0. The first kappa shape index (κ1) is 55.8. The van der Waals surface area contributed by atoms with Gasteiger partial charge in [0.2, 0.25) is 47.3 Å². The zero-order valence-electron chi connectivity index (χ0n) is 41.2. The van der Waals surface area contributed by atoms with Crippen LogP contribution >= 0.6 is 0 Å². The fraction of sp³-hybridized carbons (Fsp3) is 0.460. The Balaban J connectivity index is 1.52. The van der Waals surface area contributed by atoms with Crippen molar-refractivity contribution in [3.8, 4) is 0 Å². The normalized spacial score (nSPS) is 20.3. The van der Waals surface area contributed by atoms with Gasteiger partial charge in [0.1, 0.15) is 30.2 Å². The van der Waals surface area contributed by atoms with Crippen LogP contribution in [-0.2, 0) is 62.4 Å². The van der Waals surface area contributed by atoms with Crippen molar-refractivity contribution in [2.45, 2.75) is 127 Å². The Labute approximate surface area is 422 Å². The van der Waals surface area contributed by atoms with Crippen LogP contribution in [0.2, 0.25) is 0 Å². The minimum atomic E-state index is -1.42. The maximum absolute atomic E-state index is 14.6. The van der Waals surface area contributed by atoms with Crippen LogP contribution in [0.4, 0.5) is 0 Å². The van der Waals surface area contributed by atoms with E-state index in [1.165, 1.54) is 19.4 Å². The van der Waals surface area contributed by atoms with Crippen LogP contribution in [0.3, 0.4) is 0 Å². The van der Waals surface area contributed by atoms with Crippen molar-refractivity contribution < 1.29 is 43.2 Å². The van der Waals surface area contributed by atoms with Gasteiger partial charge in [-0.15, -0.1) is 0 Å². The Morgan fingerprint density at radius 2 is 1.51 bits per heavy atom. The molecular weight excluding hydrogens is 941 g/mol. The average molecular weight is 1010 g/mol. The number of carbonyl (C=O) groups excluding carboxylic acids is 9. The number of rotatable bonds is 19. The first-order valence-electron chi connectivity index (χ1n) is 24.5. The number of ketones is 1. The zero-order chi connectivity index (χ0) is 52.9. The van der Waals surface area contributed by atoms with Crippen LogP contribution in [-0.4, -0.2) is 123 Å². The van der Waals surface area contributed by atoms with Crippen LogP contribution in [0.15, 0.2) is 78.3 Å². The lowest BCUT2D eigenvalue weighted by Gasteiger charge is -2.27. The number of Topliss-reactive ketones (excluding diaryl/α,β-unsaturated/α-hetero) is 1. The van der Waals surface area contributed by atoms with E-state index >= 15 is 0 Å². The van der Waals surface area contributed by atoms with Gasteiger partial charge in [0.15, 0.2) is 11.7 Å². The number of aromatic amines is 2. The Bertz CT molecular complexity index is 2560. The number of amides is 8. The van der Waals surface area contributed by atoms with E-state index in [0.717, 1.165) is 10.9 Å². The average Bonchev–Trinajstić information content (AvgIpc) is 4.03. The molecule has 7 atom stereocenters. The Kier molecular flexibility index (Phi) is 21.5. The summed E-state index contributed by atoms with van der Waals surface area (Å²) in [6.07, 6.45) is 4.82. The SMILES string of the molecule is CCCC[C@H](NC(C)=O)C(=O)N[C@H]1CCC(=O)NCC[C@@H](C(=O)N[C@H](Cc2c[nH]c3ccccc23)C(N)=O)CC(=O)[C@H](CCCN=C(N)N)NC(=O)[C@@H](Cc2ccccc2)NC(=O)[C@H](Cc2cnc[nH]2)NC1=O. The third-order valence-corrected chi connectivity index (χ3v) is 12.4. The molecule has 23 heteroatoms. The van der Waals surface area contributed by atoms with Gasteiger partial charge in [-0.3, -0.25) is 48.1 Å². The molecule has 1 aliphatic rings. The second-order valence-corrected chi connectivity index (χ2v) is 18.1. The molecule has 3 heterocycles. The summed E-state index contributed by atoms with van der Waals surface area (Å²) in [5.41, 5.74) is 19.5. The number of aliphatic imine (C=N–C) groups is 1. The van der Waals surface area contributed by atoms with Crippen molar-refractivity contribution in [2.75, 3.05) is 13.1 Å². The van der Waals surface area contributed by atoms with Crippen molar-refractivity contribution in [3.05, 3.63) is 90.1 Å². The number of benzene rings is 2. The van der Waals surface area contributed by atoms with E-state index in [9.17, 15) is 43.2 Å². The number of nitrogens with zero attached hydrogens (tertiary/aromatic N) is 2. The first-order chi connectivity index (χ1) is 35.0. The van der Waals surface area contributed by atoms with Crippen LogP contribution < -0.4 is 54.4 Å². The van der Waals surface area contributed by atoms with E-state index in [1.54, 1.807) is 36.5 Å². The number of fused-ring (bicyclic) bond motifs is 1. The number of para-hydroxylation sites is 1. The highest BCUT2D eigenvalue weighted by Crippen LogP contribution is 2.21. The van der Waals surface area contributed by atoms with Crippen molar-refractivity contribution in [3.63, 3.8) is 0 Å². The molecular formula is C50H68N14O9. The number of hydrogen-bond donors (Lipinski definition) is 12. The van der Waals surface area contributed by atoms with Gasteiger partial charge in [0, 0.05) is 87.0 Å². The van der Waals surface area contributed by atoms with Gasteiger partial charge in [-0.1, -0.05) is 68.3 Å². The molecule has 2 aromatic heterocycles. The van der Waals surface area contributed by atoms with Gasteiger partial charge < -0.3 is 64.4 Å². The smallest absolute Gasteiger partial charge is 0.243 e. The number of aromatic nitrogens is 3. The van der Waals surface area contributed by atoms with E-state index < -0.39 is 102 Å². The number of H-pyrrole nitrogens is 2. The Hall–Kier alpha value is -8.11. The predicted octanol–water partition coefficient (Wildman–Crippen LogP) is -0.548. The highest BCUT2D eigenvalue weighted by Gasteiger charge is 2.35. The van der Waals surface area contributed by atoms with Crippen LogP contribution in [0.25, 0.3) is 10.9 Å². The number of nitrogens with one attached hydrogen (secondary N) is 9. The lowest BCUT2D eigenvalue weighted by atomic mass is 9.92. The van der Waals surface area contributed by atoms with Gasteiger partial charge >= 0.3 is 0 Å². The van der Waals surface area contributed by atoms with Gasteiger partial charge in [0.25, 0.3) is 0 Å². The number of guanidine groups is 1. The first-order valence-corrected chi connectivity index (χ1v) is 24.5. The maximum Gasteiger partial charge on any atom is 0.243 e. The Morgan fingerprint density at radius 1 is 0.808 bits per heavy atom. The van der Waals surface area contributed by atoms with Gasteiger partial charge in [-0.2, -0.15) is 0 Å². The van der Waals surface area contributed by atoms with E-state index in [1.807, 2.05) is 31.2 Å². The van der Waals surface area contributed by atoms with E-state index in [0.29, 0.717) is 29.7 Å². The molecule has 0 spiro atoms. The molecule has 0 radical (unpaired) electrons. The summed E-state index contributed by atoms with van der Waals surface area (Å²) in [6.45, 7) is 3.09. The number of imidazole rings is 1. The molecule has 2 aromatic carbocycles. The topological polar surface area (TPSA) is 373 Å². The molecule has 73 heavy (non-hydrogen) atoms. The second kappa shape index (κ2) is 28.1. The van der Waals surface area contributed by atoms with E-state index in [2.05, 4.69) is 57.2 Å². The molecule has 1 aliphatic heterocycles. The van der Waals surface area contributed by atoms with E-state index in [-0.39, 0.29) is 76.8 Å². The molecule has 0 aliphatic carbocycles. The quantitative estimate of drug-likeness (QED) is 0.0320. The second-order valence-electron chi connectivity index (χ2n) is 18.1. The zero-order valence-corrected chi connectivity index (χ0v) is 41.2. The lowest BCUT2D eigenvalue weighted by molar-refractivity contribution is -0.135. The Morgan fingerprint density at radius 3 is 2.19 bits per heavy atom. The molecule has 23 nitrogen and oxygen atoms in total. The predicted molar refractivity (Wildman–Crippen MR) is 270 cm³/mol. The molecule has 4 aromatic rings. The summed E-state index contributed by atoms with van der Waals surface area (Å²) in [5.74, 6) is -7.72. The standard InChI is InChI=1S/C50H68N14O9/c1-3-4-14-37(59-29(2)65)46(70)61-38-17-18-43(67)55-21-19-31(45(69)62-39(44(51)68)23-32-26-57-35-15-9-8-13-34(32)35)24-42(66)36(16-10-20-56-50(52)53)60-48(72)40(22-30-11-6-5-7-12-30)63-49(73)41(64-47(38)71)25-33-27-54-28-58-33/h5-9,11-13,15,26-28,31,36-41,57H,3-4,10,14,16-25H2,1-2H3,(H2,51,68)(H,54,58)(H,55,67)(H,59,65)(H,60,72)(H,61,70)(H,62,69)(H,63,73)(H,64,71)(H4,52,53,56)/t31-,36+,37+,38+,39-,40-,41+/m1/s1. The third-order valence-electron chi connectivity index (χ3n) is 12.4. The molecule has 0 bridgehead atoms. The number of unbranched alkanes of at least 4 members (excludes halogenated alkanes) is 1. The summed E-state index contributed by atoms with van der Waals surface area (Å²) >= 11 is 0. The summed E-state index contributed by atoms with van der Waals surface area (Å²) < 4.78 is 0. The van der Waals surface area contributed by atoms with Crippen molar-refractivity contribution >= 4 is 69.9 Å². The fourth-order valence-electron chi connectivity index (χ4n) is 8.48. The minimum absolute atomic E-state index is 0.00421. The lowest BCUT2D eigenvalue weighted by Crippen LogP contribution is -2.59. The molecule has 8 amide bonds. The molecule has 392 valence electrons. The largest absolute Gasteiger partial charge is 0.370 e.